The third-order valence-electron chi connectivity index (χ3n) is 3.85. The minimum atomic E-state index is -4.34. The molecule has 0 aliphatic rings. The second-order valence-corrected chi connectivity index (χ2v) is 5.64. The fraction of sp³-hybridized carbons (Fsp3) is 0.333. The van der Waals surface area contributed by atoms with Crippen LogP contribution in [0, 0.1) is 0 Å². The van der Waals surface area contributed by atoms with Gasteiger partial charge in [-0.1, -0.05) is 36.4 Å². The monoisotopic (exact) mass is 323 g/mol. The van der Waals surface area contributed by atoms with Crippen molar-refractivity contribution in [3.63, 3.8) is 0 Å². The highest BCUT2D eigenvalue weighted by Gasteiger charge is 2.30. The van der Waals surface area contributed by atoms with Crippen LogP contribution in [0.15, 0.2) is 48.5 Å². The summed E-state index contributed by atoms with van der Waals surface area (Å²) in [5.41, 5.74) is 1.74. The first-order valence-corrected chi connectivity index (χ1v) is 7.44. The number of aliphatic hydroxyl groups excluding tert-OH is 1. The normalized spacial score (nSPS) is 14.5. The second-order valence-electron chi connectivity index (χ2n) is 5.64. The lowest BCUT2D eigenvalue weighted by Gasteiger charge is -2.22. The van der Waals surface area contributed by atoms with Crippen molar-refractivity contribution in [3.8, 4) is 0 Å². The highest BCUT2D eigenvalue weighted by molar-refractivity contribution is 5.29. The smallest absolute Gasteiger partial charge is 0.392 e. The number of alkyl halides is 3. The van der Waals surface area contributed by atoms with E-state index in [1.165, 1.54) is 12.1 Å². The standard InChI is InChI=1S/C18H20F3NO/c1-12(15-6-3-5-14(9-15)11-23)22-13(2)16-7-4-8-17(10-16)18(19,20)21/h3-10,12-13,22-23H,11H2,1-2H3. The highest BCUT2D eigenvalue weighted by atomic mass is 19.4. The first-order chi connectivity index (χ1) is 10.8. The third-order valence-corrected chi connectivity index (χ3v) is 3.85. The van der Waals surface area contributed by atoms with Gasteiger partial charge in [-0.15, -0.1) is 0 Å². The topological polar surface area (TPSA) is 32.3 Å². The summed E-state index contributed by atoms with van der Waals surface area (Å²) < 4.78 is 38.4. The summed E-state index contributed by atoms with van der Waals surface area (Å²) in [5.74, 6) is 0. The largest absolute Gasteiger partial charge is 0.416 e. The molecule has 2 rings (SSSR count). The average Bonchev–Trinajstić information content (AvgIpc) is 2.54. The molecule has 2 unspecified atom stereocenters. The number of hydrogen-bond acceptors (Lipinski definition) is 2. The van der Waals surface area contributed by atoms with Crippen molar-refractivity contribution in [2.45, 2.75) is 38.7 Å². The molecule has 0 bridgehead atoms. The first kappa shape index (κ1) is 17.5. The zero-order valence-electron chi connectivity index (χ0n) is 13.1. The van der Waals surface area contributed by atoms with Gasteiger partial charge >= 0.3 is 6.18 Å². The van der Waals surface area contributed by atoms with Crippen LogP contribution >= 0.6 is 0 Å². The Labute approximate surface area is 134 Å². The Morgan fingerprint density at radius 3 is 2.09 bits per heavy atom. The summed E-state index contributed by atoms with van der Waals surface area (Å²) in [6, 6.07) is 12.6. The van der Waals surface area contributed by atoms with Crippen molar-refractivity contribution in [1.29, 1.82) is 0 Å². The summed E-state index contributed by atoms with van der Waals surface area (Å²) >= 11 is 0. The number of benzene rings is 2. The summed E-state index contributed by atoms with van der Waals surface area (Å²) in [6.45, 7) is 3.74. The van der Waals surface area contributed by atoms with Crippen molar-refractivity contribution < 1.29 is 18.3 Å². The van der Waals surface area contributed by atoms with Crippen LogP contribution in [-0.2, 0) is 12.8 Å². The van der Waals surface area contributed by atoms with Gasteiger partial charge in [-0.3, -0.25) is 0 Å². The molecule has 0 saturated heterocycles. The average molecular weight is 323 g/mol. The predicted octanol–water partition coefficient (Wildman–Crippen LogP) is 4.61. The van der Waals surface area contributed by atoms with Crippen LogP contribution in [0.25, 0.3) is 0 Å². The fourth-order valence-corrected chi connectivity index (χ4v) is 2.51. The lowest BCUT2D eigenvalue weighted by atomic mass is 10.0. The van der Waals surface area contributed by atoms with Gasteiger partial charge in [0.1, 0.15) is 0 Å². The van der Waals surface area contributed by atoms with Crippen LogP contribution in [0.2, 0.25) is 0 Å². The van der Waals surface area contributed by atoms with Crippen LogP contribution in [-0.4, -0.2) is 5.11 Å². The maximum absolute atomic E-state index is 12.8. The third kappa shape index (κ3) is 4.56. The molecular weight excluding hydrogens is 303 g/mol. The minimum Gasteiger partial charge on any atom is -0.392 e. The van der Waals surface area contributed by atoms with Crippen molar-refractivity contribution in [2.75, 3.05) is 0 Å². The van der Waals surface area contributed by atoms with Gasteiger partial charge in [0.25, 0.3) is 0 Å². The van der Waals surface area contributed by atoms with Gasteiger partial charge in [0.2, 0.25) is 0 Å². The molecule has 2 aromatic carbocycles. The molecule has 2 nitrogen and oxygen atoms in total. The van der Waals surface area contributed by atoms with Crippen LogP contribution in [0.1, 0.15) is 48.2 Å². The lowest BCUT2D eigenvalue weighted by molar-refractivity contribution is -0.137. The van der Waals surface area contributed by atoms with Crippen molar-refractivity contribution in [1.82, 2.24) is 5.32 Å². The molecule has 5 heteroatoms. The Balaban J connectivity index is 2.13. The Bertz CT molecular complexity index is 655. The molecule has 0 radical (unpaired) electrons. The van der Waals surface area contributed by atoms with Crippen LogP contribution in [0.4, 0.5) is 13.2 Å². The molecule has 0 fully saturated rings. The van der Waals surface area contributed by atoms with Gasteiger partial charge in [-0.2, -0.15) is 13.2 Å². The summed E-state index contributed by atoms with van der Waals surface area (Å²) in [6.07, 6.45) is -4.34. The molecule has 23 heavy (non-hydrogen) atoms. The highest BCUT2D eigenvalue weighted by Crippen LogP contribution is 2.31. The number of aliphatic hydroxyl groups is 1. The molecule has 124 valence electrons. The van der Waals surface area contributed by atoms with E-state index in [4.69, 9.17) is 0 Å². The van der Waals surface area contributed by atoms with Gasteiger partial charge in [0, 0.05) is 12.1 Å². The number of rotatable bonds is 5. The van der Waals surface area contributed by atoms with Crippen LogP contribution in [0.3, 0.4) is 0 Å². The Morgan fingerprint density at radius 2 is 1.52 bits per heavy atom. The molecule has 0 aliphatic heterocycles. The Hall–Kier alpha value is -1.85. The summed E-state index contributed by atoms with van der Waals surface area (Å²) in [5, 5.41) is 12.5. The zero-order chi connectivity index (χ0) is 17.0. The Kier molecular flexibility index (Phi) is 5.44. The number of halogens is 3. The van der Waals surface area contributed by atoms with E-state index >= 15 is 0 Å². The predicted molar refractivity (Wildman–Crippen MR) is 83.8 cm³/mol. The number of nitrogens with one attached hydrogen (secondary N) is 1. The zero-order valence-corrected chi connectivity index (χ0v) is 13.1. The van der Waals surface area contributed by atoms with E-state index in [0.29, 0.717) is 5.56 Å². The second kappa shape index (κ2) is 7.15. The van der Waals surface area contributed by atoms with E-state index in [0.717, 1.165) is 17.2 Å². The molecule has 0 aliphatic carbocycles. The van der Waals surface area contributed by atoms with Gasteiger partial charge in [-0.25, -0.2) is 0 Å². The van der Waals surface area contributed by atoms with Gasteiger partial charge in [0.05, 0.1) is 12.2 Å². The van der Waals surface area contributed by atoms with Crippen molar-refractivity contribution >= 4 is 0 Å². The maximum Gasteiger partial charge on any atom is 0.416 e. The molecule has 2 atom stereocenters. The number of hydrogen-bond donors (Lipinski definition) is 2. The molecule has 2 N–H and O–H groups in total. The van der Waals surface area contributed by atoms with E-state index < -0.39 is 11.7 Å². The van der Waals surface area contributed by atoms with E-state index in [1.807, 2.05) is 38.1 Å². The minimum absolute atomic E-state index is 0.0380. The lowest BCUT2D eigenvalue weighted by Crippen LogP contribution is -2.23. The van der Waals surface area contributed by atoms with Gasteiger partial charge in [0.15, 0.2) is 0 Å². The molecule has 2 aromatic rings. The first-order valence-electron chi connectivity index (χ1n) is 7.44. The summed E-state index contributed by atoms with van der Waals surface area (Å²) in [4.78, 5) is 0. The molecular formula is C18H20F3NO. The molecule has 0 amide bonds. The van der Waals surface area contributed by atoms with E-state index in [1.54, 1.807) is 6.07 Å². The van der Waals surface area contributed by atoms with Gasteiger partial charge < -0.3 is 10.4 Å². The van der Waals surface area contributed by atoms with E-state index in [9.17, 15) is 18.3 Å². The molecule has 0 spiro atoms. The maximum atomic E-state index is 12.8. The van der Waals surface area contributed by atoms with E-state index in [-0.39, 0.29) is 18.7 Å². The fourth-order valence-electron chi connectivity index (χ4n) is 2.51. The van der Waals surface area contributed by atoms with Gasteiger partial charge in [-0.05, 0) is 42.7 Å². The van der Waals surface area contributed by atoms with Crippen molar-refractivity contribution in [2.24, 2.45) is 0 Å². The SMILES string of the molecule is CC(NC(C)c1cccc(C(F)(F)F)c1)c1cccc(CO)c1. The summed E-state index contributed by atoms with van der Waals surface area (Å²) in [7, 11) is 0. The molecule has 0 aromatic heterocycles. The van der Waals surface area contributed by atoms with Crippen molar-refractivity contribution in [3.05, 3.63) is 70.8 Å². The Morgan fingerprint density at radius 1 is 0.957 bits per heavy atom. The van der Waals surface area contributed by atoms with E-state index in [2.05, 4.69) is 5.32 Å². The molecule has 0 heterocycles. The quantitative estimate of drug-likeness (QED) is 0.842. The molecule has 0 saturated carbocycles. The van der Waals surface area contributed by atoms with Crippen LogP contribution in [0.5, 0.6) is 0 Å². The van der Waals surface area contributed by atoms with Crippen LogP contribution < -0.4 is 5.32 Å².